The van der Waals surface area contributed by atoms with Crippen molar-refractivity contribution in [3.05, 3.63) is 11.6 Å². The molecule has 0 aromatic rings. The molecule has 1 aliphatic rings. The largest absolute Gasteiger partial charge is 0.518 e. The van der Waals surface area contributed by atoms with Crippen molar-refractivity contribution in [2.45, 2.75) is 19.6 Å². The molecule has 5 heteroatoms. The van der Waals surface area contributed by atoms with E-state index in [1.165, 1.54) is 0 Å². The van der Waals surface area contributed by atoms with Crippen molar-refractivity contribution in [1.29, 1.82) is 0 Å². The summed E-state index contributed by atoms with van der Waals surface area (Å²) in [6.07, 6.45) is 0. The molecule has 1 saturated heterocycles. The van der Waals surface area contributed by atoms with E-state index in [0.29, 0.717) is 5.95 Å². The lowest BCUT2D eigenvalue weighted by Crippen LogP contribution is -2.27. The van der Waals surface area contributed by atoms with Crippen LogP contribution >= 0.6 is 11.8 Å². The van der Waals surface area contributed by atoms with Crippen molar-refractivity contribution in [2.24, 2.45) is 0 Å². The Morgan fingerprint density at radius 3 is 2.54 bits per heavy atom. The zero-order valence-corrected chi connectivity index (χ0v) is 10.5. The molecule has 0 aromatic heterocycles. The highest BCUT2D eigenvalue weighted by Crippen LogP contribution is 2.20. The highest BCUT2D eigenvalue weighted by atomic mass is 32.2. The number of methoxy groups -OCH3 is 1. The van der Waals surface area contributed by atoms with E-state index in [-0.39, 0.29) is 0 Å². The molecule has 1 rings (SSSR count). The van der Waals surface area contributed by atoms with Gasteiger partial charge in [-0.05, 0) is 19.6 Å². The predicted octanol–water partition coefficient (Wildman–Crippen LogP) is 1.95. The van der Waals surface area contributed by atoms with E-state index in [9.17, 15) is 0 Å². The monoisotopic (exact) mass is 219 g/mol. The third-order valence-corrected chi connectivity index (χ3v) is 3.10. The van der Waals surface area contributed by atoms with E-state index in [1.54, 1.807) is 7.11 Å². The lowest BCUT2D eigenvalue weighted by atomic mass is 10.5. The second-order valence-electron chi connectivity index (χ2n) is 3.85. The fourth-order valence-electron chi connectivity index (χ4n) is 0.978. The Balaban J connectivity index is 2.66. The van der Waals surface area contributed by atoms with Crippen molar-refractivity contribution < 1.29 is 9.16 Å². The number of hydrogen-bond acceptors (Lipinski definition) is 4. The van der Waals surface area contributed by atoms with Crippen LogP contribution < -0.4 is 5.32 Å². The average molecular weight is 219 g/mol. The molecular weight excluding hydrogens is 202 g/mol. The smallest absolute Gasteiger partial charge is 0.285 e. The molecular formula is C8H17NO2SSi. The normalized spacial score (nSPS) is 20.9. The first-order chi connectivity index (χ1) is 6.03. The average Bonchev–Trinajstić information content (AvgIpc) is 2.50. The number of nitrogens with one attached hydrogen (secondary N) is 1. The first-order valence-electron chi connectivity index (χ1n) is 4.31. The van der Waals surface area contributed by atoms with Crippen LogP contribution in [0.15, 0.2) is 11.6 Å². The molecule has 0 atom stereocenters. The molecule has 3 nitrogen and oxygen atoms in total. The van der Waals surface area contributed by atoms with Gasteiger partial charge in [0.05, 0.1) is 13.0 Å². The summed E-state index contributed by atoms with van der Waals surface area (Å²) in [5.41, 5.74) is 1.09. The van der Waals surface area contributed by atoms with Crippen LogP contribution in [0.25, 0.3) is 0 Å². The van der Waals surface area contributed by atoms with E-state index in [0.717, 1.165) is 17.3 Å². The van der Waals surface area contributed by atoms with Gasteiger partial charge in [-0.3, -0.25) is 0 Å². The quantitative estimate of drug-likeness (QED) is 0.580. The van der Waals surface area contributed by atoms with Crippen LogP contribution in [0.3, 0.4) is 0 Å². The zero-order valence-electron chi connectivity index (χ0n) is 8.64. The van der Waals surface area contributed by atoms with Crippen molar-refractivity contribution >= 4 is 20.1 Å². The number of rotatable bonds is 3. The highest BCUT2D eigenvalue weighted by Gasteiger charge is 2.22. The van der Waals surface area contributed by atoms with Gasteiger partial charge in [-0.25, -0.2) is 0 Å². The van der Waals surface area contributed by atoms with Gasteiger partial charge in [0.2, 0.25) is 8.32 Å². The van der Waals surface area contributed by atoms with Crippen LogP contribution in [0, 0.1) is 0 Å². The van der Waals surface area contributed by atoms with Gasteiger partial charge in [-0.15, -0.1) is 11.8 Å². The molecule has 1 heterocycles. The number of hydrogen-bond donors (Lipinski definition) is 1. The summed E-state index contributed by atoms with van der Waals surface area (Å²) in [6.45, 7) is 6.44. The second-order valence-corrected chi connectivity index (χ2v) is 9.27. The van der Waals surface area contributed by atoms with Crippen LogP contribution in [0.4, 0.5) is 0 Å². The third kappa shape index (κ3) is 3.52. The van der Waals surface area contributed by atoms with Crippen LogP contribution in [-0.2, 0) is 9.16 Å². The molecule has 0 saturated carbocycles. The third-order valence-electron chi connectivity index (χ3n) is 1.46. The molecule has 1 fully saturated rings. The minimum atomic E-state index is -1.54. The maximum atomic E-state index is 5.79. The molecule has 0 amide bonds. The fraction of sp³-hybridized carbons (Fsp3) is 0.750. The van der Waals surface area contributed by atoms with Gasteiger partial charge in [0.25, 0.3) is 5.95 Å². The molecule has 1 aliphatic heterocycles. The summed E-state index contributed by atoms with van der Waals surface area (Å²) < 4.78 is 11.0. The van der Waals surface area contributed by atoms with Gasteiger partial charge < -0.3 is 14.5 Å². The number of thioether (sulfide) groups is 1. The van der Waals surface area contributed by atoms with Gasteiger partial charge in [0.1, 0.15) is 5.70 Å². The Morgan fingerprint density at radius 2 is 2.15 bits per heavy atom. The Kier molecular flexibility index (Phi) is 3.55. The van der Waals surface area contributed by atoms with Gasteiger partial charge in [0, 0.05) is 5.75 Å². The van der Waals surface area contributed by atoms with Crippen molar-refractivity contribution in [3.63, 3.8) is 0 Å². The summed E-state index contributed by atoms with van der Waals surface area (Å²) in [4.78, 5) is 0. The number of ether oxygens (including phenoxy) is 1. The molecule has 0 spiro atoms. The molecule has 0 bridgehead atoms. The Labute approximate surface area is 85.0 Å². The minimum Gasteiger partial charge on any atom is -0.518 e. The standard InChI is InChI=1S/C8H17NO2SSi/c1-10-8(11-13(2,3)4)7-5-12-6-9-7/h9H,5-6H2,1-4H3/b8-7+. The molecule has 0 unspecified atom stereocenters. The molecule has 0 aliphatic carbocycles. The fourth-order valence-corrected chi connectivity index (χ4v) is 2.54. The Bertz CT molecular complexity index is 205. The summed E-state index contributed by atoms with van der Waals surface area (Å²) in [6, 6.07) is 0. The molecule has 13 heavy (non-hydrogen) atoms. The summed E-state index contributed by atoms with van der Waals surface area (Å²) in [7, 11) is 0.119. The topological polar surface area (TPSA) is 30.5 Å². The first kappa shape index (κ1) is 10.8. The molecule has 1 N–H and O–H groups in total. The van der Waals surface area contributed by atoms with Gasteiger partial charge in [-0.1, -0.05) is 0 Å². The van der Waals surface area contributed by atoms with Gasteiger partial charge in [-0.2, -0.15) is 0 Å². The Hall–Kier alpha value is -0.293. The zero-order chi connectivity index (χ0) is 9.90. The van der Waals surface area contributed by atoms with E-state index in [4.69, 9.17) is 9.16 Å². The minimum absolute atomic E-state index is 0.684. The maximum absolute atomic E-state index is 5.79. The van der Waals surface area contributed by atoms with Crippen LogP contribution in [0.1, 0.15) is 0 Å². The summed E-state index contributed by atoms with van der Waals surface area (Å²) >= 11 is 1.84. The van der Waals surface area contributed by atoms with E-state index in [2.05, 4.69) is 25.0 Å². The molecule has 0 aromatic carbocycles. The van der Waals surface area contributed by atoms with Crippen molar-refractivity contribution in [2.75, 3.05) is 18.7 Å². The second kappa shape index (κ2) is 4.28. The van der Waals surface area contributed by atoms with E-state index < -0.39 is 8.32 Å². The lowest BCUT2D eigenvalue weighted by molar-refractivity contribution is 0.140. The van der Waals surface area contributed by atoms with E-state index >= 15 is 0 Å². The van der Waals surface area contributed by atoms with Gasteiger partial charge >= 0.3 is 0 Å². The molecule has 0 radical (unpaired) electrons. The Morgan fingerprint density at radius 1 is 1.46 bits per heavy atom. The maximum Gasteiger partial charge on any atom is 0.285 e. The van der Waals surface area contributed by atoms with E-state index in [1.807, 2.05) is 11.8 Å². The lowest BCUT2D eigenvalue weighted by Gasteiger charge is -2.21. The summed E-state index contributed by atoms with van der Waals surface area (Å²) in [5, 5.41) is 3.24. The van der Waals surface area contributed by atoms with Crippen LogP contribution in [0.5, 0.6) is 0 Å². The van der Waals surface area contributed by atoms with Gasteiger partial charge in [0.15, 0.2) is 0 Å². The molecule has 76 valence electrons. The van der Waals surface area contributed by atoms with Crippen molar-refractivity contribution in [3.8, 4) is 0 Å². The SMILES string of the molecule is CO/C(O[Si](C)(C)C)=C1/CSCN1. The van der Waals surface area contributed by atoms with Crippen molar-refractivity contribution in [1.82, 2.24) is 5.32 Å². The predicted molar refractivity (Wildman–Crippen MR) is 58.9 cm³/mol. The highest BCUT2D eigenvalue weighted by molar-refractivity contribution is 7.99. The van der Waals surface area contributed by atoms with Crippen LogP contribution in [-0.4, -0.2) is 27.1 Å². The summed E-state index contributed by atoms with van der Waals surface area (Å²) in [5.74, 6) is 2.61. The first-order valence-corrected chi connectivity index (χ1v) is 8.87. The van der Waals surface area contributed by atoms with Crippen LogP contribution in [0.2, 0.25) is 19.6 Å².